The van der Waals surface area contributed by atoms with Crippen LogP contribution < -0.4 is 4.74 Å². The fourth-order valence-corrected chi connectivity index (χ4v) is 4.51. The van der Waals surface area contributed by atoms with E-state index < -0.39 is 0 Å². The zero-order valence-corrected chi connectivity index (χ0v) is 15.3. The molecule has 0 radical (unpaired) electrons. The van der Waals surface area contributed by atoms with Crippen LogP contribution in [0.4, 0.5) is 0 Å². The number of fused-ring (bicyclic) bond motifs is 2. The monoisotopic (exact) mass is 350 g/mol. The molecule has 2 saturated heterocycles. The molecular formula is C22H26N2O2. The second kappa shape index (κ2) is 7.48. The summed E-state index contributed by atoms with van der Waals surface area (Å²) in [6.07, 6.45) is 8.35. The lowest BCUT2D eigenvalue weighted by Crippen LogP contribution is -2.49. The summed E-state index contributed by atoms with van der Waals surface area (Å²) in [6, 6.07) is 14.8. The lowest BCUT2D eigenvalue weighted by atomic mass is 9.94. The number of hydrogen-bond donors (Lipinski definition) is 0. The summed E-state index contributed by atoms with van der Waals surface area (Å²) in [7, 11) is 0. The average molecular weight is 350 g/mol. The SMILES string of the molecule is CC(CC(=O)N1C2CCC1CC(Oc1cccnc1)C2)c1ccccc1. The van der Waals surface area contributed by atoms with Crippen molar-refractivity contribution in [2.45, 2.75) is 63.1 Å². The average Bonchev–Trinajstić information content (AvgIpc) is 2.94. The normalized spacial score (nSPS) is 25.7. The lowest BCUT2D eigenvalue weighted by molar-refractivity contribution is -0.137. The number of nitrogens with zero attached hydrogens (tertiary/aromatic N) is 2. The summed E-state index contributed by atoms with van der Waals surface area (Å²) >= 11 is 0. The molecule has 4 nitrogen and oxygen atoms in total. The smallest absolute Gasteiger partial charge is 0.223 e. The first kappa shape index (κ1) is 17.1. The Balaban J connectivity index is 1.38. The molecule has 1 aromatic carbocycles. The van der Waals surface area contributed by atoms with Crippen molar-refractivity contribution in [2.24, 2.45) is 0 Å². The van der Waals surface area contributed by atoms with E-state index in [0.717, 1.165) is 31.4 Å². The molecule has 136 valence electrons. The van der Waals surface area contributed by atoms with Crippen LogP contribution in [0.2, 0.25) is 0 Å². The maximum atomic E-state index is 13.0. The molecule has 4 heteroatoms. The van der Waals surface area contributed by atoms with E-state index in [2.05, 4.69) is 28.9 Å². The van der Waals surface area contributed by atoms with Gasteiger partial charge in [0.15, 0.2) is 0 Å². The van der Waals surface area contributed by atoms with Crippen LogP contribution in [-0.4, -0.2) is 34.0 Å². The molecule has 2 aromatic rings. The van der Waals surface area contributed by atoms with Crippen LogP contribution in [0, 0.1) is 0 Å². The van der Waals surface area contributed by atoms with Crippen LogP contribution in [0.25, 0.3) is 0 Å². The van der Waals surface area contributed by atoms with Gasteiger partial charge in [-0.1, -0.05) is 37.3 Å². The van der Waals surface area contributed by atoms with Crippen molar-refractivity contribution >= 4 is 5.91 Å². The van der Waals surface area contributed by atoms with Gasteiger partial charge in [-0.2, -0.15) is 0 Å². The highest BCUT2D eigenvalue weighted by Gasteiger charge is 2.44. The Bertz CT molecular complexity index is 720. The Hall–Kier alpha value is -2.36. The molecule has 3 heterocycles. The van der Waals surface area contributed by atoms with Crippen LogP contribution >= 0.6 is 0 Å². The van der Waals surface area contributed by atoms with E-state index >= 15 is 0 Å². The third-order valence-corrected chi connectivity index (χ3v) is 5.76. The molecule has 2 aliphatic heterocycles. The van der Waals surface area contributed by atoms with E-state index in [4.69, 9.17) is 4.74 Å². The third-order valence-electron chi connectivity index (χ3n) is 5.76. The Labute approximate surface area is 155 Å². The third kappa shape index (κ3) is 3.59. The van der Waals surface area contributed by atoms with Gasteiger partial charge in [0.1, 0.15) is 11.9 Å². The standard InChI is InChI=1S/C22H26N2O2/c1-16(17-6-3-2-4-7-17)12-22(25)24-18-9-10-19(24)14-21(13-18)26-20-8-5-11-23-15-20/h2-8,11,15-16,18-19,21H,9-10,12-14H2,1H3. The first-order valence-electron chi connectivity index (χ1n) is 9.63. The molecule has 0 spiro atoms. The number of rotatable bonds is 5. The van der Waals surface area contributed by atoms with Crippen LogP contribution in [-0.2, 0) is 4.79 Å². The van der Waals surface area contributed by atoms with Crippen molar-refractivity contribution in [3.8, 4) is 5.75 Å². The summed E-state index contributed by atoms with van der Waals surface area (Å²) in [4.78, 5) is 19.3. The van der Waals surface area contributed by atoms with E-state index in [1.165, 1.54) is 5.56 Å². The molecule has 4 rings (SSSR count). The second-order valence-electron chi connectivity index (χ2n) is 7.60. The fourth-order valence-electron chi connectivity index (χ4n) is 4.51. The Morgan fingerprint density at radius 2 is 1.88 bits per heavy atom. The maximum absolute atomic E-state index is 13.0. The topological polar surface area (TPSA) is 42.4 Å². The number of ether oxygens (including phenoxy) is 1. The van der Waals surface area contributed by atoms with Gasteiger partial charge in [-0.05, 0) is 36.5 Å². The van der Waals surface area contributed by atoms with Gasteiger partial charge >= 0.3 is 0 Å². The number of amides is 1. The van der Waals surface area contributed by atoms with Gasteiger partial charge in [0.05, 0.1) is 6.20 Å². The Morgan fingerprint density at radius 1 is 1.15 bits per heavy atom. The van der Waals surface area contributed by atoms with Crippen molar-refractivity contribution in [2.75, 3.05) is 0 Å². The van der Waals surface area contributed by atoms with Gasteiger partial charge in [0.25, 0.3) is 0 Å². The van der Waals surface area contributed by atoms with Crippen molar-refractivity contribution < 1.29 is 9.53 Å². The van der Waals surface area contributed by atoms with Crippen molar-refractivity contribution in [3.63, 3.8) is 0 Å². The summed E-state index contributed by atoms with van der Waals surface area (Å²) < 4.78 is 6.11. The highest BCUT2D eigenvalue weighted by molar-refractivity contribution is 5.78. The second-order valence-corrected chi connectivity index (χ2v) is 7.60. The number of pyridine rings is 1. The van der Waals surface area contributed by atoms with Gasteiger partial charge in [0.2, 0.25) is 5.91 Å². The maximum Gasteiger partial charge on any atom is 0.223 e. The van der Waals surface area contributed by atoms with Gasteiger partial charge in [-0.15, -0.1) is 0 Å². The molecule has 26 heavy (non-hydrogen) atoms. The molecule has 0 N–H and O–H groups in total. The number of aromatic nitrogens is 1. The minimum Gasteiger partial charge on any atom is -0.489 e. The first-order chi connectivity index (χ1) is 12.7. The van der Waals surface area contributed by atoms with Crippen molar-refractivity contribution in [3.05, 3.63) is 60.4 Å². The highest BCUT2D eigenvalue weighted by Crippen LogP contribution is 2.38. The quantitative estimate of drug-likeness (QED) is 0.812. The number of carbonyl (C=O) groups is 1. The Kier molecular flexibility index (Phi) is 4.91. The number of carbonyl (C=O) groups excluding carboxylic acids is 1. The molecule has 2 bridgehead atoms. The Morgan fingerprint density at radius 3 is 2.54 bits per heavy atom. The van der Waals surface area contributed by atoms with E-state index in [1.807, 2.05) is 30.3 Å². The predicted molar refractivity (Wildman–Crippen MR) is 101 cm³/mol. The van der Waals surface area contributed by atoms with Crippen molar-refractivity contribution in [1.82, 2.24) is 9.88 Å². The number of hydrogen-bond acceptors (Lipinski definition) is 3. The fraction of sp³-hybridized carbons (Fsp3) is 0.455. The zero-order chi connectivity index (χ0) is 17.9. The molecule has 1 amide bonds. The minimum absolute atomic E-state index is 0.187. The van der Waals surface area contributed by atoms with Gasteiger partial charge in [-0.3, -0.25) is 9.78 Å². The van der Waals surface area contributed by atoms with Crippen molar-refractivity contribution in [1.29, 1.82) is 0 Å². The zero-order valence-electron chi connectivity index (χ0n) is 15.3. The molecule has 2 aliphatic rings. The molecule has 0 aliphatic carbocycles. The summed E-state index contributed by atoms with van der Waals surface area (Å²) in [5, 5.41) is 0. The summed E-state index contributed by atoms with van der Waals surface area (Å²) in [5.41, 5.74) is 1.24. The summed E-state index contributed by atoms with van der Waals surface area (Å²) in [6.45, 7) is 2.15. The van der Waals surface area contributed by atoms with Crippen LogP contribution in [0.3, 0.4) is 0 Å². The molecule has 3 unspecified atom stereocenters. The van der Waals surface area contributed by atoms with E-state index in [1.54, 1.807) is 12.4 Å². The largest absolute Gasteiger partial charge is 0.489 e. The van der Waals surface area contributed by atoms with Gasteiger partial charge in [0, 0.05) is 37.5 Å². The van der Waals surface area contributed by atoms with E-state index in [-0.39, 0.29) is 12.0 Å². The molecular weight excluding hydrogens is 324 g/mol. The minimum atomic E-state index is 0.187. The lowest BCUT2D eigenvalue weighted by Gasteiger charge is -2.39. The highest BCUT2D eigenvalue weighted by atomic mass is 16.5. The first-order valence-corrected chi connectivity index (χ1v) is 9.63. The van der Waals surface area contributed by atoms with E-state index in [9.17, 15) is 4.79 Å². The van der Waals surface area contributed by atoms with Crippen LogP contribution in [0.5, 0.6) is 5.75 Å². The summed E-state index contributed by atoms with van der Waals surface area (Å²) in [5.74, 6) is 1.38. The molecule has 1 aromatic heterocycles. The number of piperidine rings is 1. The van der Waals surface area contributed by atoms with Crippen LogP contribution in [0.15, 0.2) is 54.9 Å². The molecule has 2 fully saturated rings. The van der Waals surface area contributed by atoms with Crippen LogP contribution in [0.1, 0.15) is 50.5 Å². The predicted octanol–water partition coefficient (Wildman–Crippen LogP) is 4.18. The van der Waals surface area contributed by atoms with E-state index in [0.29, 0.717) is 24.4 Å². The van der Waals surface area contributed by atoms with Gasteiger partial charge in [-0.25, -0.2) is 0 Å². The number of benzene rings is 1. The van der Waals surface area contributed by atoms with Gasteiger partial charge < -0.3 is 9.64 Å². The molecule has 0 saturated carbocycles. The molecule has 3 atom stereocenters.